The van der Waals surface area contributed by atoms with Crippen molar-refractivity contribution in [1.29, 1.82) is 0 Å². The average Bonchev–Trinajstić information content (AvgIpc) is 3.44. The highest BCUT2D eigenvalue weighted by Crippen LogP contribution is 2.49. The van der Waals surface area contributed by atoms with Crippen LogP contribution in [0, 0.1) is 31.6 Å². The normalized spacial score (nSPS) is 17.6. The molecule has 1 fully saturated rings. The van der Waals surface area contributed by atoms with Crippen molar-refractivity contribution in [1.82, 2.24) is 5.16 Å². The Kier molecular flexibility index (Phi) is 7.26. The van der Waals surface area contributed by atoms with E-state index in [4.69, 9.17) is 4.52 Å². The van der Waals surface area contributed by atoms with Gasteiger partial charge in [-0.25, -0.2) is 0 Å². The highest BCUT2D eigenvalue weighted by molar-refractivity contribution is 5.95. The van der Waals surface area contributed by atoms with E-state index in [1.807, 2.05) is 32.0 Å². The lowest BCUT2D eigenvalue weighted by Gasteiger charge is -2.30. The van der Waals surface area contributed by atoms with E-state index in [-0.39, 0.29) is 24.2 Å². The maximum absolute atomic E-state index is 12.9. The van der Waals surface area contributed by atoms with Crippen LogP contribution in [0.5, 0.6) is 0 Å². The number of nitrogens with one attached hydrogen (secondary N) is 1. The Morgan fingerprint density at radius 1 is 1.19 bits per heavy atom. The van der Waals surface area contributed by atoms with Crippen LogP contribution in [0.15, 0.2) is 22.7 Å². The van der Waals surface area contributed by atoms with E-state index in [1.165, 1.54) is 0 Å². The van der Waals surface area contributed by atoms with E-state index in [2.05, 4.69) is 43.1 Å². The van der Waals surface area contributed by atoms with Crippen molar-refractivity contribution in [2.24, 2.45) is 17.8 Å². The zero-order valence-corrected chi connectivity index (χ0v) is 19.9. The number of benzene rings is 1. The van der Waals surface area contributed by atoms with Gasteiger partial charge in [-0.3, -0.25) is 9.59 Å². The minimum atomic E-state index is -0.762. The highest BCUT2D eigenvalue weighted by Gasteiger charge is 2.44. The van der Waals surface area contributed by atoms with Gasteiger partial charge >= 0.3 is 5.97 Å². The lowest BCUT2D eigenvalue weighted by Crippen LogP contribution is -2.32. The molecule has 1 saturated carbocycles. The summed E-state index contributed by atoms with van der Waals surface area (Å²) >= 11 is 0. The average molecular weight is 442 g/mol. The first kappa shape index (κ1) is 23.8. The Morgan fingerprint density at radius 2 is 1.84 bits per heavy atom. The Morgan fingerprint density at radius 3 is 2.34 bits per heavy atom. The fraction of sp³-hybridized carbons (Fsp3) is 0.560. The lowest BCUT2D eigenvalue weighted by atomic mass is 10.0. The fourth-order valence-corrected chi connectivity index (χ4v) is 4.12. The van der Waals surface area contributed by atoms with Crippen LogP contribution in [-0.2, 0) is 16.0 Å². The summed E-state index contributed by atoms with van der Waals surface area (Å²) in [7, 11) is 0. The third-order valence-electron chi connectivity index (χ3n) is 5.92. The molecule has 2 aromatic rings. The molecule has 2 atom stereocenters. The molecule has 1 aliphatic carbocycles. The number of hydrogen-bond donors (Lipinski definition) is 2. The molecule has 0 unspecified atom stereocenters. The van der Waals surface area contributed by atoms with Crippen molar-refractivity contribution in [2.75, 3.05) is 23.3 Å². The van der Waals surface area contributed by atoms with Crippen LogP contribution in [0.2, 0.25) is 0 Å². The van der Waals surface area contributed by atoms with Gasteiger partial charge in [-0.15, -0.1) is 0 Å². The Bertz CT molecular complexity index is 970. The first-order chi connectivity index (χ1) is 15.1. The van der Waals surface area contributed by atoms with Crippen LogP contribution >= 0.6 is 0 Å². The second-order valence-electron chi connectivity index (χ2n) is 9.80. The predicted octanol–water partition coefficient (Wildman–Crippen LogP) is 4.78. The SMILES string of the molecule is Cc1noc(CC(=O)Nc2cc([C@H]3C[C@H]3C(=O)O)ccc2N(CC(C)C)CC(C)C)c1C. The number of amides is 1. The molecular formula is C25H35N3O4. The van der Waals surface area contributed by atoms with Crippen LogP contribution in [0.4, 0.5) is 11.4 Å². The molecule has 32 heavy (non-hydrogen) atoms. The second kappa shape index (κ2) is 9.76. The third kappa shape index (κ3) is 5.69. The molecular weight excluding hydrogens is 406 g/mol. The summed E-state index contributed by atoms with van der Waals surface area (Å²) in [5.74, 6) is 0.191. The molecule has 7 heteroatoms. The Balaban J connectivity index is 1.90. The molecule has 1 amide bonds. The molecule has 0 saturated heterocycles. The van der Waals surface area contributed by atoms with E-state index in [0.717, 1.165) is 41.3 Å². The fourth-order valence-electron chi connectivity index (χ4n) is 4.12. The molecule has 0 radical (unpaired) electrons. The van der Waals surface area contributed by atoms with Gasteiger partial charge in [0.05, 0.1) is 29.4 Å². The number of aromatic nitrogens is 1. The topological polar surface area (TPSA) is 95.7 Å². The number of carbonyl (C=O) groups excluding carboxylic acids is 1. The largest absolute Gasteiger partial charge is 0.481 e. The van der Waals surface area contributed by atoms with E-state index in [9.17, 15) is 14.7 Å². The minimum absolute atomic E-state index is 0.0000160. The van der Waals surface area contributed by atoms with Crippen LogP contribution in [0.3, 0.4) is 0 Å². The number of anilines is 2. The second-order valence-corrected chi connectivity index (χ2v) is 9.80. The van der Waals surface area contributed by atoms with E-state index >= 15 is 0 Å². The molecule has 0 spiro atoms. The molecule has 1 aromatic heterocycles. The highest BCUT2D eigenvalue weighted by atomic mass is 16.5. The molecule has 3 rings (SSSR count). The van der Waals surface area contributed by atoms with Gasteiger partial charge in [-0.1, -0.05) is 38.9 Å². The van der Waals surface area contributed by atoms with Gasteiger partial charge in [0.25, 0.3) is 0 Å². The van der Waals surface area contributed by atoms with E-state index < -0.39 is 5.97 Å². The quantitative estimate of drug-likeness (QED) is 0.551. The van der Waals surface area contributed by atoms with Gasteiger partial charge in [0.1, 0.15) is 5.76 Å². The summed E-state index contributed by atoms with van der Waals surface area (Å²) in [5.41, 5.74) is 4.31. The maximum atomic E-state index is 12.9. The van der Waals surface area contributed by atoms with Crippen molar-refractivity contribution < 1.29 is 19.2 Å². The molecule has 174 valence electrons. The smallest absolute Gasteiger partial charge is 0.307 e. The number of carbonyl (C=O) groups is 2. The molecule has 2 N–H and O–H groups in total. The van der Waals surface area contributed by atoms with Gasteiger partial charge < -0.3 is 19.8 Å². The van der Waals surface area contributed by atoms with Gasteiger partial charge in [0, 0.05) is 18.7 Å². The van der Waals surface area contributed by atoms with Crippen molar-refractivity contribution in [3.8, 4) is 0 Å². The Labute approximate surface area is 190 Å². The molecule has 1 aromatic carbocycles. The minimum Gasteiger partial charge on any atom is -0.481 e. The van der Waals surface area contributed by atoms with Crippen LogP contribution < -0.4 is 10.2 Å². The Hall–Kier alpha value is -2.83. The number of nitrogens with zero attached hydrogens (tertiary/aromatic N) is 2. The monoisotopic (exact) mass is 441 g/mol. The van der Waals surface area contributed by atoms with Gasteiger partial charge in [-0.2, -0.15) is 0 Å². The van der Waals surface area contributed by atoms with Crippen molar-refractivity contribution >= 4 is 23.3 Å². The molecule has 1 heterocycles. The summed E-state index contributed by atoms with van der Waals surface area (Å²) in [6, 6.07) is 5.99. The number of hydrogen-bond acceptors (Lipinski definition) is 5. The van der Waals surface area contributed by atoms with Gasteiger partial charge in [-0.05, 0) is 55.7 Å². The summed E-state index contributed by atoms with van der Waals surface area (Å²) in [6.45, 7) is 14.2. The zero-order chi connectivity index (χ0) is 23.6. The van der Waals surface area contributed by atoms with Gasteiger partial charge in [0.2, 0.25) is 5.91 Å². The molecule has 0 aliphatic heterocycles. The van der Waals surface area contributed by atoms with Crippen molar-refractivity contribution in [3.05, 3.63) is 40.8 Å². The number of aryl methyl sites for hydroxylation is 1. The lowest BCUT2D eigenvalue weighted by molar-refractivity contribution is -0.138. The van der Waals surface area contributed by atoms with E-state index in [0.29, 0.717) is 24.0 Å². The molecule has 7 nitrogen and oxygen atoms in total. The number of rotatable bonds is 10. The third-order valence-corrected chi connectivity index (χ3v) is 5.92. The molecule has 0 bridgehead atoms. The maximum Gasteiger partial charge on any atom is 0.307 e. The number of carboxylic acids is 1. The predicted molar refractivity (Wildman–Crippen MR) is 125 cm³/mol. The summed E-state index contributed by atoms with van der Waals surface area (Å²) in [6.07, 6.45) is 0.742. The van der Waals surface area contributed by atoms with E-state index in [1.54, 1.807) is 0 Å². The van der Waals surface area contributed by atoms with Crippen LogP contribution in [0.1, 0.15) is 62.6 Å². The number of carboxylic acid groups (broad SMARTS) is 1. The first-order valence-corrected chi connectivity index (χ1v) is 11.4. The zero-order valence-electron chi connectivity index (χ0n) is 19.9. The van der Waals surface area contributed by atoms with Crippen molar-refractivity contribution in [3.63, 3.8) is 0 Å². The number of aliphatic carboxylic acids is 1. The summed E-state index contributed by atoms with van der Waals surface area (Å²) < 4.78 is 5.31. The molecule has 1 aliphatic rings. The standard InChI is InChI=1S/C25H35N3O4/c1-14(2)12-28(13-15(3)4)22-8-7-18(19-10-20(19)25(30)31)9-21(22)26-24(29)11-23-16(5)17(6)27-32-23/h7-9,14-15,19-20H,10-13H2,1-6H3,(H,26,29)(H,30,31)/t19-,20-/m1/s1. The summed E-state index contributed by atoms with van der Waals surface area (Å²) in [5, 5.41) is 16.4. The van der Waals surface area contributed by atoms with Crippen LogP contribution in [0.25, 0.3) is 0 Å². The summed E-state index contributed by atoms with van der Waals surface area (Å²) in [4.78, 5) is 26.6. The van der Waals surface area contributed by atoms with Crippen LogP contribution in [-0.4, -0.2) is 35.2 Å². The van der Waals surface area contributed by atoms with Crippen molar-refractivity contribution in [2.45, 2.75) is 60.3 Å². The first-order valence-electron chi connectivity index (χ1n) is 11.4. The van der Waals surface area contributed by atoms with Gasteiger partial charge in [0.15, 0.2) is 0 Å².